The summed E-state index contributed by atoms with van der Waals surface area (Å²) in [6.45, 7) is 4.58. The molecule has 1 saturated carbocycles. The summed E-state index contributed by atoms with van der Waals surface area (Å²) < 4.78 is 28.8. The van der Waals surface area contributed by atoms with Gasteiger partial charge in [-0.2, -0.15) is 0 Å². The van der Waals surface area contributed by atoms with Gasteiger partial charge in [-0.05, 0) is 63.8 Å². The first-order valence-corrected chi connectivity index (χ1v) is 14.1. The zero-order valence-electron chi connectivity index (χ0n) is 21.6. The van der Waals surface area contributed by atoms with E-state index in [4.69, 9.17) is 0 Å². The Morgan fingerprint density at radius 2 is 1.86 bits per heavy atom. The minimum atomic E-state index is -2.51. The summed E-state index contributed by atoms with van der Waals surface area (Å²) in [4.78, 5) is 31.6. The molecule has 1 aliphatic heterocycles. The number of amides is 1. The normalized spacial score (nSPS) is 21.6. The van der Waals surface area contributed by atoms with E-state index in [9.17, 15) is 18.4 Å². The van der Waals surface area contributed by atoms with E-state index in [2.05, 4.69) is 14.9 Å². The summed E-state index contributed by atoms with van der Waals surface area (Å²) in [5, 5.41) is 3.89. The lowest BCUT2D eigenvalue weighted by Crippen LogP contribution is -2.60. The number of rotatable bonds is 7. The number of pyridine rings is 1. The number of hydrogen-bond donors (Lipinski definition) is 2. The van der Waals surface area contributed by atoms with Crippen LogP contribution < -0.4 is 10.9 Å². The molecule has 37 heavy (non-hydrogen) atoms. The maximum Gasteiger partial charge on any atom is 0.272 e. The summed E-state index contributed by atoms with van der Waals surface area (Å²) in [6.07, 6.45) is 5.79. The van der Waals surface area contributed by atoms with Crippen molar-refractivity contribution in [3.8, 4) is 0 Å². The Balaban J connectivity index is 1.31. The van der Waals surface area contributed by atoms with E-state index in [1.54, 1.807) is 0 Å². The molecule has 6 nitrogen and oxygen atoms in total. The number of carbonyl (C=O) groups is 1. The second-order valence-corrected chi connectivity index (χ2v) is 11.4. The predicted molar refractivity (Wildman–Crippen MR) is 144 cm³/mol. The molecule has 198 valence electrons. The number of aryl methyl sites for hydroxylation is 1. The highest BCUT2D eigenvalue weighted by Crippen LogP contribution is 2.37. The van der Waals surface area contributed by atoms with E-state index in [1.807, 2.05) is 55.3 Å². The van der Waals surface area contributed by atoms with E-state index < -0.39 is 5.92 Å². The molecule has 1 aromatic carbocycles. The summed E-state index contributed by atoms with van der Waals surface area (Å²) >= 11 is 1.49. The highest BCUT2D eigenvalue weighted by Gasteiger charge is 2.47. The molecule has 1 saturated heterocycles. The van der Waals surface area contributed by atoms with Gasteiger partial charge in [0.2, 0.25) is 0 Å². The molecule has 0 spiro atoms. The lowest BCUT2D eigenvalue weighted by molar-refractivity contribution is -0.150. The minimum Gasteiger partial charge on any atom is -0.348 e. The van der Waals surface area contributed by atoms with Crippen molar-refractivity contribution in [2.24, 2.45) is 5.92 Å². The Kier molecular flexibility index (Phi) is 7.20. The molecule has 2 N–H and O–H groups in total. The fourth-order valence-corrected chi connectivity index (χ4v) is 6.71. The molecule has 1 aliphatic carbocycles. The molecule has 5 rings (SSSR count). The van der Waals surface area contributed by atoms with Crippen molar-refractivity contribution in [2.75, 3.05) is 19.3 Å². The van der Waals surface area contributed by atoms with Crippen LogP contribution in [0, 0.1) is 19.8 Å². The van der Waals surface area contributed by atoms with Crippen LogP contribution in [-0.2, 0) is 13.1 Å². The fourth-order valence-electron chi connectivity index (χ4n) is 6.00. The topological polar surface area (TPSA) is 70.1 Å². The number of para-hydroxylation sites is 1. The number of nitrogens with zero attached hydrogens (tertiary/aromatic N) is 2. The van der Waals surface area contributed by atoms with Crippen LogP contribution in [0.25, 0.3) is 10.9 Å². The molecular weight excluding hydrogens is 494 g/mol. The highest BCUT2D eigenvalue weighted by atomic mass is 32.2. The lowest BCUT2D eigenvalue weighted by atomic mass is 9.84. The second-order valence-electron chi connectivity index (χ2n) is 10.5. The van der Waals surface area contributed by atoms with Gasteiger partial charge in [-0.15, -0.1) is 11.8 Å². The van der Waals surface area contributed by atoms with Crippen molar-refractivity contribution in [1.29, 1.82) is 0 Å². The van der Waals surface area contributed by atoms with Crippen LogP contribution in [0.5, 0.6) is 0 Å². The Morgan fingerprint density at radius 1 is 1.16 bits per heavy atom. The number of H-pyrrole nitrogens is 1. The summed E-state index contributed by atoms with van der Waals surface area (Å²) in [5.74, 6) is -2.26. The van der Waals surface area contributed by atoms with Crippen LogP contribution in [-0.4, -0.2) is 51.7 Å². The van der Waals surface area contributed by atoms with Gasteiger partial charge in [0.05, 0.1) is 18.7 Å². The van der Waals surface area contributed by atoms with Crippen molar-refractivity contribution < 1.29 is 13.6 Å². The Hall–Kier alpha value is -2.65. The standard InChI is InChI=1S/C28H34F2N4O2S/c1-17-12-24(37-3)22(26(35)32-17)13-31-27(36)25-18(2)34(23-7-5-4-6-21(23)25)14-19-8-10-20(11-9-19)33-15-28(29,30)16-33/h4-7,12,19-20H,8-11,13-16H2,1-3H3,(H,31,36)(H,32,35). The third-order valence-electron chi connectivity index (χ3n) is 7.98. The average molecular weight is 529 g/mol. The molecule has 2 fully saturated rings. The zero-order chi connectivity index (χ0) is 26.3. The highest BCUT2D eigenvalue weighted by molar-refractivity contribution is 7.98. The SMILES string of the molecule is CSc1cc(C)[nH]c(=O)c1CNC(=O)c1c(C)n(CC2CCC(N3CC(F)(F)C3)CC2)c2ccccc12. The molecule has 3 aromatic rings. The number of thioether (sulfide) groups is 1. The number of carbonyl (C=O) groups excluding carboxylic acids is 1. The molecule has 0 bridgehead atoms. The van der Waals surface area contributed by atoms with E-state index in [-0.39, 0.29) is 37.1 Å². The first-order chi connectivity index (χ1) is 17.7. The third kappa shape index (κ3) is 5.21. The largest absolute Gasteiger partial charge is 0.348 e. The van der Waals surface area contributed by atoms with Gasteiger partial charge in [0.1, 0.15) is 0 Å². The number of aromatic amines is 1. The quantitative estimate of drug-likeness (QED) is 0.418. The van der Waals surface area contributed by atoms with Crippen LogP contribution >= 0.6 is 11.8 Å². The Labute approximate surface area is 219 Å². The molecule has 0 unspecified atom stereocenters. The van der Waals surface area contributed by atoms with Gasteiger partial charge >= 0.3 is 0 Å². The lowest BCUT2D eigenvalue weighted by Gasteiger charge is -2.46. The third-order valence-corrected chi connectivity index (χ3v) is 8.78. The maximum atomic E-state index is 13.4. The number of fused-ring (bicyclic) bond motifs is 1. The number of alkyl halides is 2. The van der Waals surface area contributed by atoms with Crippen LogP contribution in [0.4, 0.5) is 8.78 Å². The van der Waals surface area contributed by atoms with Gasteiger partial charge in [-0.25, -0.2) is 8.78 Å². The van der Waals surface area contributed by atoms with E-state index in [1.165, 1.54) is 11.8 Å². The molecule has 2 aromatic heterocycles. The maximum absolute atomic E-state index is 13.4. The first kappa shape index (κ1) is 26.0. The number of nitrogens with one attached hydrogen (secondary N) is 2. The number of halogens is 2. The van der Waals surface area contributed by atoms with E-state index in [0.29, 0.717) is 17.0 Å². The van der Waals surface area contributed by atoms with Crippen LogP contribution in [0.15, 0.2) is 40.0 Å². The van der Waals surface area contributed by atoms with Crippen molar-refractivity contribution >= 4 is 28.6 Å². The second kappa shape index (κ2) is 10.3. The van der Waals surface area contributed by atoms with Gasteiger partial charge in [0.25, 0.3) is 17.4 Å². The van der Waals surface area contributed by atoms with Crippen LogP contribution in [0.2, 0.25) is 0 Å². The molecule has 3 heterocycles. The summed E-state index contributed by atoms with van der Waals surface area (Å²) in [7, 11) is 0. The summed E-state index contributed by atoms with van der Waals surface area (Å²) in [6, 6.07) is 10.1. The zero-order valence-corrected chi connectivity index (χ0v) is 22.4. The molecular formula is C28H34F2N4O2S. The number of hydrogen-bond acceptors (Lipinski definition) is 4. The van der Waals surface area contributed by atoms with Gasteiger partial charge in [0.15, 0.2) is 0 Å². The minimum absolute atomic E-state index is 0.102. The van der Waals surface area contributed by atoms with Gasteiger partial charge in [-0.1, -0.05) is 18.2 Å². The smallest absolute Gasteiger partial charge is 0.272 e. The van der Waals surface area contributed by atoms with E-state index in [0.717, 1.165) is 59.4 Å². The van der Waals surface area contributed by atoms with E-state index >= 15 is 0 Å². The first-order valence-electron chi connectivity index (χ1n) is 12.9. The predicted octanol–water partition coefficient (Wildman–Crippen LogP) is 5.11. The molecule has 0 atom stereocenters. The number of likely N-dealkylation sites (tertiary alicyclic amines) is 1. The number of aromatic nitrogens is 2. The van der Waals surface area contributed by atoms with Crippen LogP contribution in [0.3, 0.4) is 0 Å². The molecule has 2 aliphatic rings. The monoisotopic (exact) mass is 528 g/mol. The van der Waals surface area contributed by atoms with Crippen molar-refractivity contribution in [2.45, 2.75) is 69.5 Å². The van der Waals surface area contributed by atoms with Crippen molar-refractivity contribution in [3.05, 3.63) is 63.2 Å². The molecule has 0 radical (unpaired) electrons. The van der Waals surface area contributed by atoms with Crippen LogP contribution in [0.1, 0.15) is 53.0 Å². The average Bonchev–Trinajstić information content (AvgIpc) is 3.13. The van der Waals surface area contributed by atoms with Gasteiger partial charge in [0, 0.05) is 51.9 Å². The molecule has 1 amide bonds. The number of benzene rings is 1. The van der Waals surface area contributed by atoms with Gasteiger partial charge < -0.3 is 14.9 Å². The Morgan fingerprint density at radius 3 is 2.54 bits per heavy atom. The van der Waals surface area contributed by atoms with Crippen molar-refractivity contribution in [3.63, 3.8) is 0 Å². The Bertz CT molecular complexity index is 1370. The van der Waals surface area contributed by atoms with Crippen molar-refractivity contribution in [1.82, 2.24) is 19.8 Å². The van der Waals surface area contributed by atoms with Gasteiger partial charge in [-0.3, -0.25) is 14.5 Å². The molecule has 9 heteroatoms. The summed E-state index contributed by atoms with van der Waals surface area (Å²) in [5.41, 5.74) is 3.74. The fraction of sp³-hybridized carbons (Fsp3) is 0.500.